The van der Waals surface area contributed by atoms with Gasteiger partial charge in [-0.25, -0.2) is 0 Å². The molecule has 5 nitrogen and oxygen atoms in total. The average molecular weight is 339 g/mol. The van der Waals surface area contributed by atoms with E-state index in [2.05, 4.69) is 30.8 Å². The molecule has 1 amide bonds. The SMILES string of the molecule is O=C1C(N2CC(Cn3cc(Br)cn3)C2)CCN1C1CC1. The van der Waals surface area contributed by atoms with Crippen LogP contribution in [0.25, 0.3) is 0 Å². The molecule has 1 atom stereocenters. The molecular weight excluding hydrogens is 320 g/mol. The summed E-state index contributed by atoms with van der Waals surface area (Å²) in [7, 11) is 0. The quantitative estimate of drug-likeness (QED) is 0.831. The Hall–Kier alpha value is -0.880. The van der Waals surface area contributed by atoms with E-state index in [1.165, 1.54) is 12.8 Å². The number of rotatable bonds is 4. The third kappa shape index (κ3) is 2.29. The van der Waals surface area contributed by atoms with E-state index in [9.17, 15) is 4.79 Å². The van der Waals surface area contributed by atoms with E-state index in [-0.39, 0.29) is 6.04 Å². The Morgan fingerprint density at radius 3 is 2.75 bits per heavy atom. The van der Waals surface area contributed by atoms with Gasteiger partial charge >= 0.3 is 0 Å². The van der Waals surface area contributed by atoms with Crippen molar-refractivity contribution in [3.63, 3.8) is 0 Å². The summed E-state index contributed by atoms with van der Waals surface area (Å²) in [5.74, 6) is 1.01. The fourth-order valence-corrected chi connectivity index (χ4v) is 3.78. The first kappa shape index (κ1) is 12.8. The second-order valence-corrected chi connectivity index (χ2v) is 7.18. The average Bonchev–Trinajstić information content (AvgIpc) is 3.03. The van der Waals surface area contributed by atoms with E-state index in [0.717, 1.165) is 37.1 Å². The molecule has 0 N–H and O–H groups in total. The molecule has 6 heteroatoms. The van der Waals surface area contributed by atoms with Crippen molar-refractivity contribution in [2.45, 2.75) is 37.9 Å². The molecule has 3 heterocycles. The Bertz CT molecular complexity index is 521. The normalized spacial score (nSPS) is 28.1. The molecule has 108 valence electrons. The third-order valence-electron chi connectivity index (χ3n) is 4.67. The van der Waals surface area contributed by atoms with E-state index >= 15 is 0 Å². The van der Waals surface area contributed by atoms with Crippen LogP contribution in [0.15, 0.2) is 16.9 Å². The number of amides is 1. The summed E-state index contributed by atoms with van der Waals surface area (Å²) in [6.07, 6.45) is 7.29. The first-order valence-corrected chi connectivity index (χ1v) is 8.22. The predicted octanol–water partition coefficient (Wildman–Crippen LogP) is 1.34. The standard InChI is InChI=1S/C14H19BrN4O/c15-11-5-16-18(9-11)8-10-6-17(7-10)13-3-4-19(14(13)20)12-1-2-12/h5,9-10,12-13H,1-4,6-8H2. The summed E-state index contributed by atoms with van der Waals surface area (Å²) in [5, 5.41) is 4.29. The lowest BCUT2D eigenvalue weighted by molar-refractivity contribution is -0.135. The van der Waals surface area contributed by atoms with Crippen molar-refractivity contribution >= 4 is 21.8 Å². The highest BCUT2D eigenvalue weighted by Crippen LogP contribution is 2.34. The number of carbonyl (C=O) groups excluding carboxylic acids is 1. The molecule has 1 aromatic heterocycles. The van der Waals surface area contributed by atoms with Gasteiger partial charge in [-0.1, -0.05) is 0 Å². The Morgan fingerprint density at radius 1 is 1.30 bits per heavy atom. The van der Waals surface area contributed by atoms with Gasteiger partial charge < -0.3 is 4.90 Å². The second-order valence-electron chi connectivity index (χ2n) is 6.27. The van der Waals surface area contributed by atoms with Gasteiger partial charge in [0, 0.05) is 44.3 Å². The van der Waals surface area contributed by atoms with Crippen LogP contribution >= 0.6 is 15.9 Å². The Kier molecular flexibility index (Phi) is 3.11. The summed E-state index contributed by atoms with van der Waals surface area (Å²) in [5.41, 5.74) is 0. The van der Waals surface area contributed by atoms with Gasteiger partial charge in [0.2, 0.25) is 5.91 Å². The van der Waals surface area contributed by atoms with Gasteiger partial charge in [-0.2, -0.15) is 5.10 Å². The Labute approximate surface area is 127 Å². The molecule has 1 unspecified atom stereocenters. The molecule has 0 spiro atoms. The van der Waals surface area contributed by atoms with E-state index in [1.807, 2.05) is 17.1 Å². The van der Waals surface area contributed by atoms with Gasteiger partial charge in [-0.05, 0) is 35.2 Å². The molecule has 1 saturated carbocycles. The molecule has 1 aliphatic carbocycles. The highest BCUT2D eigenvalue weighted by molar-refractivity contribution is 9.10. The van der Waals surface area contributed by atoms with Gasteiger partial charge in [0.1, 0.15) is 0 Å². The summed E-state index contributed by atoms with van der Waals surface area (Å²) in [6, 6.07) is 0.738. The fourth-order valence-electron chi connectivity index (χ4n) is 3.46. The summed E-state index contributed by atoms with van der Waals surface area (Å²) >= 11 is 3.42. The van der Waals surface area contributed by atoms with Crippen molar-refractivity contribution in [1.29, 1.82) is 0 Å². The van der Waals surface area contributed by atoms with E-state index < -0.39 is 0 Å². The summed E-state index contributed by atoms with van der Waals surface area (Å²) < 4.78 is 3.01. The number of aromatic nitrogens is 2. The minimum Gasteiger partial charge on any atom is -0.338 e. The number of hydrogen-bond donors (Lipinski definition) is 0. The van der Waals surface area contributed by atoms with Crippen LogP contribution in [-0.2, 0) is 11.3 Å². The zero-order chi connectivity index (χ0) is 13.7. The molecule has 2 saturated heterocycles. The summed E-state index contributed by atoms with van der Waals surface area (Å²) in [6.45, 7) is 4.00. The molecule has 20 heavy (non-hydrogen) atoms. The smallest absolute Gasteiger partial charge is 0.240 e. The number of nitrogens with zero attached hydrogens (tertiary/aromatic N) is 4. The highest BCUT2D eigenvalue weighted by Gasteiger charge is 2.45. The lowest BCUT2D eigenvalue weighted by atomic mass is 9.97. The largest absolute Gasteiger partial charge is 0.338 e. The minimum atomic E-state index is 0.163. The predicted molar refractivity (Wildman–Crippen MR) is 78.1 cm³/mol. The topological polar surface area (TPSA) is 41.4 Å². The molecule has 0 aromatic carbocycles. The summed E-state index contributed by atoms with van der Waals surface area (Å²) in [4.78, 5) is 16.8. The maximum atomic E-state index is 12.4. The van der Waals surface area contributed by atoms with Crippen molar-refractivity contribution < 1.29 is 4.79 Å². The van der Waals surface area contributed by atoms with Crippen LogP contribution in [0.3, 0.4) is 0 Å². The first-order chi connectivity index (χ1) is 9.70. The lowest BCUT2D eigenvalue weighted by Gasteiger charge is -2.42. The van der Waals surface area contributed by atoms with Gasteiger partial charge in [0.05, 0.1) is 16.7 Å². The zero-order valence-corrected chi connectivity index (χ0v) is 13.0. The minimum absolute atomic E-state index is 0.163. The molecule has 0 radical (unpaired) electrons. The van der Waals surface area contributed by atoms with Crippen LogP contribution in [0, 0.1) is 5.92 Å². The highest BCUT2D eigenvalue weighted by atomic mass is 79.9. The zero-order valence-electron chi connectivity index (χ0n) is 11.4. The molecule has 1 aromatic rings. The molecule has 3 fully saturated rings. The van der Waals surface area contributed by atoms with Crippen LogP contribution in [-0.4, -0.2) is 57.2 Å². The monoisotopic (exact) mass is 338 g/mol. The van der Waals surface area contributed by atoms with Crippen LogP contribution in [0.5, 0.6) is 0 Å². The van der Waals surface area contributed by atoms with Gasteiger partial charge in [0.15, 0.2) is 0 Å². The fraction of sp³-hybridized carbons (Fsp3) is 0.714. The van der Waals surface area contributed by atoms with Crippen molar-refractivity contribution in [2.75, 3.05) is 19.6 Å². The Balaban J connectivity index is 1.29. The van der Waals surface area contributed by atoms with Crippen LogP contribution in [0.2, 0.25) is 0 Å². The van der Waals surface area contributed by atoms with Crippen molar-refractivity contribution in [3.05, 3.63) is 16.9 Å². The molecule has 4 rings (SSSR count). The van der Waals surface area contributed by atoms with E-state index in [1.54, 1.807) is 0 Å². The van der Waals surface area contributed by atoms with Crippen molar-refractivity contribution in [1.82, 2.24) is 19.6 Å². The van der Waals surface area contributed by atoms with Gasteiger partial charge in [-0.15, -0.1) is 0 Å². The number of carbonyl (C=O) groups is 1. The molecule has 3 aliphatic rings. The van der Waals surface area contributed by atoms with Crippen LogP contribution < -0.4 is 0 Å². The maximum absolute atomic E-state index is 12.4. The van der Waals surface area contributed by atoms with E-state index in [4.69, 9.17) is 0 Å². The first-order valence-electron chi connectivity index (χ1n) is 7.43. The molecular formula is C14H19BrN4O. The van der Waals surface area contributed by atoms with E-state index in [0.29, 0.717) is 17.9 Å². The number of likely N-dealkylation sites (tertiary alicyclic amines) is 2. The van der Waals surface area contributed by atoms with Gasteiger partial charge in [-0.3, -0.25) is 14.4 Å². The van der Waals surface area contributed by atoms with Crippen molar-refractivity contribution in [2.24, 2.45) is 5.92 Å². The van der Waals surface area contributed by atoms with Crippen LogP contribution in [0.1, 0.15) is 19.3 Å². The van der Waals surface area contributed by atoms with Gasteiger partial charge in [0.25, 0.3) is 0 Å². The second kappa shape index (κ2) is 4.84. The number of hydrogen-bond acceptors (Lipinski definition) is 3. The lowest BCUT2D eigenvalue weighted by Crippen LogP contribution is -2.55. The molecule has 2 aliphatic heterocycles. The van der Waals surface area contributed by atoms with Crippen molar-refractivity contribution in [3.8, 4) is 0 Å². The maximum Gasteiger partial charge on any atom is 0.240 e. The van der Waals surface area contributed by atoms with Crippen LogP contribution in [0.4, 0.5) is 0 Å². The Morgan fingerprint density at radius 2 is 2.10 bits per heavy atom. The molecule has 0 bridgehead atoms. The number of halogens is 1. The third-order valence-corrected chi connectivity index (χ3v) is 5.08.